The fraction of sp³-hybridized carbons (Fsp3) is 0.250. The number of methoxy groups -OCH3 is 1. The summed E-state index contributed by atoms with van der Waals surface area (Å²) in [6.07, 6.45) is 1.62. The number of hydrogen-bond donors (Lipinski definition) is 1. The number of rotatable bonds is 6. The van der Waals surface area contributed by atoms with E-state index < -0.39 is 11.9 Å². The molecule has 21 heavy (non-hydrogen) atoms. The molecule has 0 amide bonds. The standard InChI is InChI=1S/C16H17NO4/c1-11(16(18)19)14-5-3-4-6-15(14)21-10-12-7-8-13(20-2)9-17-12/h3-9,11H,10H2,1-2H3,(H,18,19). The van der Waals surface area contributed by atoms with Crippen LogP contribution in [0.3, 0.4) is 0 Å². The van der Waals surface area contributed by atoms with Crippen molar-refractivity contribution in [3.05, 3.63) is 53.9 Å². The Morgan fingerprint density at radius 3 is 2.67 bits per heavy atom. The van der Waals surface area contributed by atoms with E-state index in [9.17, 15) is 4.79 Å². The molecule has 1 aromatic carbocycles. The monoisotopic (exact) mass is 287 g/mol. The summed E-state index contributed by atoms with van der Waals surface area (Å²) < 4.78 is 10.7. The second-order valence-electron chi connectivity index (χ2n) is 4.58. The Hall–Kier alpha value is -2.56. The van der Waals surface area contributed by atoms with E-state index in [1.165, 1.54) is 0 Å². The van der Waals surface area contributed by atoms with Gasteiger partial charge < -0.3 is 14.6 Å². The molecular weight excluding hydrogens is 270 g/mol. The van der Waals surface area contributed by atoms with Crippen molar-refractivity contribution in [1.29, 1.82) is 0 Å². The first-order valence-corrected chi connectivity index (χ1v) is 6.55. The van der Waals surface area contributed by atoms with E-state index in [1.54, 1.807) is 44.5 Å². The van der Waals surface area contributed by atoms with Crippen LogP contribution in [0.5, 0.6) is 11.5 Å². The van der Waals surface area contributed by atoms with E-state index in [0.29, 0.717) is 17.1 Å². The molecule has 110 valence electrons. The molecule has 1 unspecified atom stereocenters. The van der Waals surface area contributed by atoms with Gasteiger partial charge in [0.25, 0.3) is 0 Å². The van der Waals surface area contributed by atoms with E-state index >= 15 is 0 Å². The zero-order valence-corrected chi connectivity index (χ0v) is 11.9. The molecule has 2 aromatic rings. The van der Waals surface area contributed by atoms with E-state index in [1.807, 2.05) is 12.1 Å². The number of carboxylic acid groups (broad SMARTS) is 1. The lowest BCUT2D eigenvalue weighted by atomic mass is 10.0. The lowest BCUT2D eigenvalue weighted by molar-refractivity contribution is -0.138. The van der Waals surface area contributed by atoms with Crippen LogP contribution in [0.2, 0.25) is 0 Å². The van der Waals surface area contributed by atoms with Crippen LogP contribution in [0.1, 0.15) is 24.1 Å². The molecule has 0 aliphatic carbocycles. The maximum atomic E-state index is 11.1. The first-order valence-electron chi connectivity index (χ1n) is 6.55. The number of pyridine rings is 1. The molecular formula is C16H17NO4. The maximum Gasteiger partial charge on any atom is 0.310 e. The van der Waals surface area contributed by atoms with Gasteiger partial charge >= 0.3 is 5.97 Å². The normalized spacial score (nSPS) is 11.7. The highest BCUT2D eigenvalue weighted by Crippen LogP contribution is 2.27. The molecule has 0 bridgehead atoms. The number of aromatic nitrogens is 1. The second-order valence-corrected chi connectivity index (χ2v) is 4.58. The van der Waals surface area contributed by atoms with Gasteiger partial charge in [-0.3, -0.25) is 9.78 Å². The Morgan fingerprint density at radius 2 is 2.05 bits per heavy atom. The van der Waals surface area contributed by atoms with Crippen LogP contribution >= 0.6 is 0 Å². The first-order chi connectivity index (χ1) is 10.1. The van der Waals surface area contributed by atoms with Crippen LogP contribution < -0.4 is 9.47 Å². The Labute approximate surface area is 123 Å². The number of carbonyl (C=O) groups is 1. The van der Waals surface area contributed by atoms with Crippen molar-refractivity contribution in [3.63, 3.8) is 0 Å². The molecule has 0 radical (unpaired) electrons. The zero-order valence-electron chi connectivity index (χ0n) is 11.9. The molecule has 1 atom stereocenters. The SMILES string of the molecule is COc1ccc(COc2ccccc2C(C)C(=O)O)nc1. The van der Waals surface area contributed by atoms with Crippen molar-refractivity contribution >= 4 is 5.97 Å². The molecule has 1 aromatic heterocycles. The minimum absolute atomic E-state index is 0.271. The molecule has 1 N–H and O–H groups in total. The number of para-hydroxylation sites is 1. The third kappa shape index (κ3) is 3.72. The van der Waals surface area contributed by atoms with E-state index in [4.69, 9.17) is 14.6 Å². The summed E-state index contributed by atoms with van der Waals surface area (Å²) in [6, 6.07) is 10.7. The van der Waals surface area contributed by atoms with E-state index in [0.717, 1.165) is 5.69 Å². The first kappa shape index (κ1) is 14.8. The van der Waals surface area contributed by atoms with Crippen molar-refractivity contribution in [2.45, 2.75) is 19.4 Å². The largest absolute Gasteiger partial charge is 0.495 e. The van der Waals surface area contributed by atoms with Crippen LogP contribution in [0.15, 0.2) is 42.6 Å². The summed E-state index contributed by atoms with van der Waals surface area (Å²) in [5.41, 5.74) is 1.40. The van der Waals surface area contributed by atoms with Gasteiger partial charge in [-0.15, -0.1) is 0 Å². The Bertz CT molecular complexity index is 610. The number of ether oxygens (including phenoxy) is 2. The van der Waals surface area contributed by atoms with Gasteiger partial charge in [0.1, 0.15) is 18.1 Å². The van der Waals surface area contributed by atoms with Crippen LogP contribution in [-0.4, -0.2) is 23.2 Å². The number of carboxylic acids is 1. The second kappa shape index (κ2) is 6.74. The summed E-state index contributed by atoms with van der Waals surface area (Å²) in [7, 11) is 1.58. The quantitative estimate of drug-likeness (QED) is 0.884. The maximum absolute atomic E-state index is 11.1. The van der Waals surface area contributed by atoms with Gasteiger partial charge in [-0.1, -0.05) is 18.2 Å². The van der Waals surface area contributed by atoms with E-state index in [2.05, 4.69) is 4.98 Å². The Balaban J connectivity index is 2.10. The predicted molar refractivity (Wildman–Crippen MR) is 77.6 cm³/mol. The third-order valence-electron chi connectivity index (χ3n) is 3.16. The number of nitrogens with zero attached hydrogens (tertiary/aromatic N) is 1. The minimum atomic E-state index is -0.881. The van der Waals surface area contributed by atoms with Gasteiger partial charge in [-0.2, -0.15) is 0 Å². The number of benzene rings is 1. The Morgan fingerprint density at radius 1 is 1.29 bits per heavy atom. The lowest BCUT2D eigenvalue weighted by Crippen LogP contribution is -2.09. The van der Waals surface area contributed by atoms with Gasteiger partial charge in [0, 0.05) is 5.56 Å². The van der Waals surface area contributed by atoms with Gasteiger partial charge in [0.15, 0.2) is 0 Å². The topological polar surface area (TPSA) is 68.7 Å². The van der Waals surface area contributed by atoms with Crippen LogP contribution in [0.25, 0.3) is 0 Å². The summed E-state index contributed by atoms with van der Waals surface area (Å²) in [4.78, 5) is 15.3. The summed E-state index contributed by atoms with van der Waals surface area (Å²) in [5.74, 6) is -0.262. The molecule has 5 heteroatoms. The minimum Gasteiger partial charge on any atom is -0.495 e. The fourth-order valence-electron chi connectivity index (χ4n) is 1.87. The predicted octanol–water partition coefficient (Wildman–Crippen LogP) is 2.86. The van der Waals surface area contributed by atoms with Crippen molar-refractivity contribution in [2.24, 2.45) is 0 Å². The van der Waals surface area contributed by atoms with Gasteiger partial charge in [-0.05, 0) is 25.1 Å². The van der Waals surface area contributed by atoms with Crippen molar-refractivity contribution in [1.82, 2.24) is 4.98 Å². The number of hydrogen-bond acceptors (Lipinski definition) is 4. The molecule has 0 saturated heterocycles. The zero-order chi connectivity index (χ0) is 15.2. The van der Waals surface area contributed by atoms with Gasteiger partial charge in [0.05, 0.1) is 24.9 Å². The summed E-state index contributed by atoms with van der Waals surface area (Å²) >= 11 is 0. The highest BCUT2D eigenvalue weighted by Gasteiger charge is 2.17. The van der Waals surface area contributed by atoms with Crippen molar-refractivity contribution in [3.8, 4) is 11.5 Å². The summed E-state index contributed by atoms with van der Waals surface area (Å²) in [5, 5.41) is 9.12. The average molecular weight is 287 g/mol. The Kier molecular flexibility index (Phi) is 4.77. The fourth-order valence-corrected chi connectivity index (χ4v) is 1.87. The molecule has 0 aliphatic heterocycles. The highest BCUT2D eigenvalue weighted by molar-refractivity contribution is 5.76. The van der Waals surface area contributed by atoms with Crippen LogP contribution in [-0.2, 0) is 11.4 Å². The highest BCUT2D eigenvalue weighted by atomic mass is 16.5. The van der Waals surface area contributed by atoms with E-state index in [-0.39, 0.29) is 6.61 Å². The summed E-state index contributed by atoms with van der Waals surface area (Å²) in [6.45, 7) is 1.91. The molecule has 2 rings (SSSR count). The molecule has 0 fully saturated rings. The van der Waals surface area contributed by atoms with Crippen LogP contribution in [0, 0.1) is 0 Å². The molecule has 1 heterocycles. The van der Waals surface area contributed by atoms with Crippen LogP contribution in [0.4, 0.5) is 0 Å². The van der Waals surface area contributed by atoms with Gasteiger partial charge in [0.2, 0.25) is 0 Å². The van der Waals surface area contributed by atoms with Gasteiger partial charge in [-0.25, -0.2) is 0 Å². The smallest absolute Gasteiger partial charge is 0.310 e. The number of aliphatic carboxylic acids is 1. The van der Waals surface area contributed by atoms with Crippen molar-refractivity contribution in [2.75, 3.05) is 7.11 Å². The lowest BCUT2D eigenvalue weighted by Gasteiger charge is -2.14. The molecule has 5 nitrogen and oxygen atoms in total. The molecule has 0 aliphatic rings. The molecule has 0 saturated carbocycles. The average Bonchev–Trinajstić information content (AvgIpc) is 2.53. The third-order valence-corrected chi connectivity index (χ3v) is 3.16. The molecule has 0 spiro atoms. The van der Waals surface area contributed by atoms with Crippen molar-refractivity contribution < 1.29 is 19.4 Å².